The Morgan fingerprint density at radius 3 is 2.22 bits per heavy atom. The van der Waals surface area contributed by atoms with Gasteiger partial charge in [0.2, 0.25) is 0 Å². The lowest BCUT2D eigenvalue weighted by Crippen LogP contribution is -2.50. The van der Waals surface area contributed by atoms with E-state index in [1.54, 1.807) is 0 Å². The topological polar surface area (TPSA) is 69.7 Å². The second kappa shape index (κ2) is 5.49. The predicted molar refractivity (Wildman–Crippen MR) is 86.5 cm³/mol. The highest BCUT2D eigenvalue weighted by Gasteiger charge is 2.63. The molecule has 1 N–H and O–H groups in total. The molecule has 0 aliphatic carbocycles. The Bertz CT molecular complexity index is 460. The molecular weight excluding hydrogens is 316 g/mol. The van der Waals surface area contributed by atoms with Crippen LogP contribution in [0.4, 0.5) is 0 Å². The predicted octanol–water partition coefficient (Wildman–Crippen LogP) is 2.01. The monoisotopic (exact) mass is 346 g/mol. The lowest BCUT2D eigenvalue weighted by molar-refractivity contribution is -0.215. The summed E-state index contributed by atoms with van der Waals surface area (Å²) < 4.78 is 30.1. The summed E-state index contributed by atoms with van der Waals surface area (Å²) in [6.45, 7) is 14.8. The van der Waals surface area contributed by atoms with Crippen LogP contribution in [0.2, 0.25) is 18.1 Å². The average molecular weight is 346 g/mol. The van der Waals surface area contributed by atoms with Gasteiger partial charge in [0, 0.05) is 0 Å². The summed E-state index contributed by atoms with van der Waals surface area (Å²) in [4.78, 5) is 0. The van der Waals surface area contributed by atoms with Crippen molar-refractivity contribution >= 4 is 8.32 Å². The fourth-order valence-corrected chi connectivity index (χ4v) is 4.31. The van der Waals surface area contributed by atoms with E-state index in [4.69, 9.17) is 23.4 Å². The maximum Gasteiger partial charge on any atom is 0.192 e. The minimum Gasteiger partial charge on any atom is -0.408 e. The van der Waals surface area contributed by atoms with Gasteiger partial charge in [-0.3, -0.25) is 0 Å². The molecule has 0 unspecified atom stereocenters. The zero-order chi connectivity index (χ0) is 17.2. The van der Waals surface area contributed by atoms with Crippen molar-refractivity contribution < 1.29 is 28.5 Å². The molecule has 0 aromatic heterocycles. The Hall–Kier alpha value is -0.0231. The van der Waals surface area contributed by atoms with Crippen molar-refractivity contribution in [1.82, 2.24) is 0 Å². The smallest absolute Gasteiger partial charge is 0.192 e. The highest BCUT2D eigenvalue weighted by atomic mass is 28.4. The van der Waals surface area contributed by atoms with E-state index in [2.05, 4.69) is 33.9 Å². The molecule has 3 heterocycles. The summed E-state index contributed by atoms with van der Waals surface area (Å²) in [6, 6.07) is 0. The minimum absolute atomic E-state index is 0.000119. The molecule has 0 aromatic carbocycles. The lowest BCUT2D eigenvalue weighted by Gasteiger charge is -2.40. The molecule has 3 rings (SSSR count). The summed E-state index contributed by atoms with van der Waals surface area (Å²) in [5.74, 6) is -0.671. The zero-order valence-electron chi connectivity index (χ0n) is 15.2. The van der Waals surface area contributed by atoms with Crippen LogP contribution >= 0.6 is 0 Å². The average Bonchev–Trinajstić information content (AvgIpc) is 3.02. The van der Waals surface area contributed by atoms with Crippen molar-refractivity contribution in [2.24, 2.45) is 0 Å². The van der Waals surface area contributed by atoms with Gasteiger partial charge >= 0.3 is 0 Å². The summed E-state index contributed by atoms with van der Waals surface area (Å²) >= 11 is 0. The summed E-state index contributed by atoms with van der Waals surface area (Å²) in [5.41, 5.74) is 0. The molecule has 3 fully saturated rings. The lowest BCUT2D eigenvalue weighted by atomic mass is 10.1. The van der Waals surface area contributed by atoms with Gasteiger partial charge < -0.3 is 28.5 Å². The van der Waals surface area contributed by atoms with Crippen molar-refractivity contribution in [3.05, 3.63) is 0 Å². The largest absolute Gasteiger partial charge is 0.408 e. The normalized spacial score (nSPS) is 42.8. The first-order valence-corrected chi connectivity index (χ1v) is 11.3. The van der Waals surface area contributed by atoms with Crippen LogP contribution in [0, 0.1) is 0 Å². The number of ether oxygens (including phenoxy) is 4. The fraction of sp³-hybridized carbons (Fsp3) is 1.00. The van der Waals surface area contributed by atoms with Gasteiger partial charge in [-0.15, -0.1) is 0 Å². The van der Waals surface area contributed by atoms with Gasteiger partial charge in [-0.1, -0.05) is 20.8 Å². The molecule has 6 nitrogen and oxygen atoms in total. The first kappa shape index (κ1) is 17.8. The van der Waals surface area contributed by atoms with Gasteiger partial charge in [-0.25, -0.2) is 0 Å². The Balaban J connectivity index is 1.80. The molecule has 23 heavy (non-hydrogen) atoms. The highest BCUT2D eigenvalue weighted by molar-refractivity contribution is 6.74. The summed E-state index contributed by atoms with van der Waals surface area (Å²) in [7, 11) is -2.00. The molecule has 0 bridgehead atoms. The van der Waals surface area contributed by atoms with Crippen molar-refractivity contribution in [2.75, 3.05) is 6.61 Å². The molecule has 3 saturated heterocycles. The van der Waals surface area contributed by atoms with Crippen LogP contribution < -0.4 is 0 Å². The van der Waals surface area contributed by atoms with Crippen molar-refractivity contribution in [2.45, 2.75) is 95.3 Å². The number of fused-ring (bicyclic) bond motifs is 1. The van der Waals surface area contributed by atoms with Crippen LogP contribution in [0.25, 0.3) is 0 Å². The number of aliphatic hydroxyl groups excluding tert-OH is 1. The second-order valence-electron chi connectivity index (χ2n) is 8.73. The molecule has 0 amide bonds. The zero-order valence-corrected chi connectivity index (χ0v) is 16.2. The first-order valence-electron chi connectivity index (χ1n) is 8.40. The maximum atomic E-state index is 9.30. The van der Waals surface area contributed by atoms with E-state index in [9.17, 15) is 5.11 Å². The van der Waals surface area contributed by atoms with E-state index in [0.29, 0.717) is 0 Å². The standard InChI is InChI=1S/C16H30O6Si/c1-15(2,3)23(6,7)22-12-11(10-9(8-17)18-10)19-14-13(12)20-16(4,5)21-14/h9-14,17H,8H2,1-7H3/t9-,10-,11+,12+,13+,14+/m0/s1. The molecule has 0 spiro atoms. The Kier molecular flexibility index (Phi) is 4.24. The van der Waals surface area contributed by atoms with E-state index in [-0.39, 0.29) is 42.2 Å². The molecule has 3 aliphatic rings. The quantitative estimate of drug-likeness (QED) is 0.620. The molecule has 7 heteroatoms. The number of hydrogen-bond donors (Lipinski definition) is 1. The van der Waals surface area contributed by atoms with E-state index in [0.717, 1.165) is 0 Å². The molecular formula is C16H30O6Si. The van der Waals surface area contributed by atoms with Gasteiger partial charge in [-0.2, -0.15) is 0 Å². The SMILES string of the molecule is CC1(C)O[C@H]2O[C@H]([C@H]3O[C@H]3CO)[C@@H](O[Si](C)(C)C(C)(C)C)[C@H]2O1. The van der Waals surface area contributed by atoms with E-state index in [1.165, 1.54) is 0 Å². The molecule has 6 atom stereocenters. The Labute approximate surface area is 139 Å². The van der Waals surface area contributed by atoms with E-state index < -0.39 is 20.4 Å². The summed E-state index contributed by atoms with van der Waals surface area (Å²) in [5, 5.41) is 9.38. The molecule has 0 saturated carbocycles. The summed E-state index contributed by atoms with van der Waals surface area (Å²) in [6.07, 6.45) is -1.49. The van der Waals surface area contributed by atoms with Gasteiger partial charge in [0.05, 0.1) is 6.61 Å². The van der Waals surface area contributed by atoms with Gasteiger partial charge in [0.15, 0.2) is 20.4 Å². The van der Waals surface area contributed by atoms with Crippen LogP contribution in [0.15, 0.2) is 0 Å². The van der Waals surface area contributed by atoms with Crippen LogP contribution in [0.1, 0.15) is 34.6 Å². The van der Waals surface area contributed by atoms with E-state index in [1.807, 2.05) is 13.8 Å². The van der Waals surface area contributed by atoms with Crippen molar-refractivity contribution in [3.8, 4) is 0 Å². The molecule has 0 aromatic rings. The van der Waals surface area contributed by atoms with Crippen LogP contribution in [0.5, 0.6) is 0 Å². The van der Waals surface area contributed by atoms with Crippen LogP contribution in [-0.2, 0) is 23.4 Å². The number of aliphatic hydroxyl groups is 1. The first-order chi connectivity index (χ1) is 10.5. The van der Waals surface area contributed by atoms with Gasteiger partial charge in [-0.05, 0) is 32.0 Å². The maximum absolute atomic E-state index is 9.30. The third-order valence-electron chi connectivity index (χ3n) is 5.39. The third-order valence-corrected chi connectivity index (χ3v) is 9.86. The second-order valence-corrected chi connectivity index (χ2v) is 13.5. The minimum atomic E-state index is -2.00. The Morgan fingerprint density at radius 1 is 1.04 bits per heavy atom. The van der Waals surface area contributed by atoms with Gasteiger partial charge in [0.25, 0.3) is 0 Å². The molecule has 3 aliphatic heterocycles. The fourth-order valence-electron chi connectivity index (χ4n) is 3.01. The molecule has 134 valence electrons. The van der Waals surface area contributed by atoms with E-state index >= 15 is 0 Å². The number of epoxide rings is 1. The Morgan fingerprint density at radius 2 is 1.70 bits per heavy atom. The third kappa shape index (κ3) is 3.25. The van der Waals surface area contributed by atoms with Gasteiger partial charge in [0.1, 0.15) is 30.5 Å². The van der Waals surface area contributed by atoms with Crippen LogP contribution in [-0.4, -0.2) is 62.6 Å². The highest BCUT2D eigenvalue weighted by Crippen LogP contribution is 2.47. The number of rotatable bonds is 4. The van der Waals surface area contributed by atoms with Crippen molar-refractivity contribution in [3.63, 3.8) is 0 Å². The van der Waals surface area contributed by atoms with Crippen molar-refractivity contribution in [1.29, 1.82) is 0 Å². The number of hydrogen-bond acceptors (Lipinski definition) is 6. The molecule has 0 radical (unpaired) electrons. The van der Waals surface area contributed by atoms with Crippen LogP contribution in [0.3, 0.4) is 0 Å².